The third kappa shape index (κ3) is 6.47. The van der Waals surface area contributed by atoms with Crippen LogP contribution in [0.3, 0.4) is 0 Å². The number of benzene rings is 2. The number of nitrogens with one attached hydrogen (secondary N) is 1. The van der Waals surface area contributed by atoms with Gasteiger partial charge in [0, 0.05) is 29.4 Å². The molecule has 7 nitrogen and oxygen atoms in total. The minimum Gasteiger partial charge on any atom is -0.481 e. The molecule has 0 aliphatic heterocycles. The first-order valence-electron chi connectivity index (χ1n) is 12.8. The van der Waals surface area contributed by atoms with Crippen molar-refractivity contribution >= 4 is 11.9 Å². The molecule has 7 heteroatoms. The molecule has 1 aromatic heterocycles. The van der Waals surface area contributed by atoms with E-state index in [1.54, 1.807) is 6.20 Å². The zero-order chi connectivity index (χ0) is 26.4. The molecular formula is C30H33N3O4. The van der Waals surface area contributed by atoms with Gasteiger partial charge in [-0.1, -0.05) is 41.6 Å². The summed E-state index contributed by atoms with van der Waals surface area (Å²) in [5.74, 6) is -1.31. The van der Waals surface area contributed by atoms with E-state index < -0.39 is 12.0 Å². The Morgan fingerprint density at radius 3 is 2.32 bits per heavy atom. The summed E-state index contributed by atoms with van der Waals surface area (Å²) in [6.45, 7) is 3.95. The van der Waals surface area contributed by atoms with Crippen molar-refractivity contribution in [2.45, 2.75) is 64.0 Å². The number of carboxylic acids is 1. The molecule has 37 heavy (non-hydrogen) atoms. The molecule has 0 radical (unpaired) electrons. The summed E-state index contributed by atoms with van der Waals surface area (Å²) in [5, 5.41) is 15.7. The summed E-state index contributed by atoms with van der Waals surface area (Å²) in [5.41, 5.74) is 5.49. The molecule has 0 saturated heterocycles. The van der Waals surface area contributed by atoms with Crippen LogP contribution >= 0.6 is 0 Å². The van der Waals surface area contributed by atoms with Crippen LogP contribution in [0.1, 0.15) is 82.4 Å². The van der Waals surface area contributed by atoms with E-state index in [1.165, 1.54) is 0 Å². The lowest BCUT2D eigenvalue weighted by Crippen LogP contribution is -2.38. The van der Waals surface area contributed by atoms with E-state index in [0.717, 1.165) is 27.9 Å². The number of rotatable bonds is 9. The molecule has 2 aromatic carbocycles. The number of carbonyl (C=O) groups excluding carboxylic acids is 1. The smallest absolute Gasteiger partial charge is 0.306 e. The number of nitroso groups, excluding NO2 is 1. The first kappa shape index (κ1) is 26.2. The van der Waals surface area contributed by atoms with Crippen LogP contribution in [0.2, 0.25) is 0 Å². The Bertz CT molecular complexity index is 1250. The van der Waals surface area contributed by atoms with Crippen LogP contribution in [-0.4, -0.2) is 28.0 Å². The van der Waals surface area contributed by atoms with Gasteiger partial charge in [0.05, 0.1) is 5.92 Å². The number of carbonyl (C=O) groups is 2. The molecule has 3 aromatic rings. The normalized spacial score (nSPS) is 19.0. The molecule has 2 atom stereocenters. The molecular weight excluding hydrogens is 466 g/mol. The predicted molar refractivity (Wildman–Crippen MR) is 142 cm³/mol. The zero-order valence-corrected chi connectivity index (χ0v) is 21.3. The summed E-state index contributed by atoms with van der Waals surface area (Å²) in [7, 11) is 0. The van der Waals surface area contributed by atoms with E-state index in [-0.39, 0.29) is 23.8 Å². The first-order chi connectivity index (χ1) is 17.9. The lowest BCUT2D eigenvalue weighted by atomic mass is 9.82. The Morgan fingerprint density at radius 2 is 1.70 bits per heavy atom. The minimum atomic E-state index is -0.755. The fourth-order valence-corrected chi connectivity index (χ4v) is 5.28. The molecule has 1 heterocycles. The Kier molecular flexibility index (Phi) is 8.43. The number of hydrogen-bond acceptors (Lipinski definition) is 5. The van der Waals surface area contributed by atoms with Crippen LogP contribution in [0, 0.1) is 24.7 Å². The molecule has 1 unspecified atom stereocenters. The lowest BCUT2D eigenvalue weighted by Gasteiger charge is -2.27. The standard InChI is InChI=1S/C30H33N3O4/c1-19-5-3-4-6-26(19)27(18-28(33-37)24-15-16-31-20(2)17-24)21-7-9-22(10-8-21)29(34)32-25-13-11-23(12-14-25)30(35)36/h3-10,15-17,23,25,27-28H,11-14,18H2,1-2H3,(H,32,34)(H,35,36)/t23?,25?,27-,28?/m1/s1. The van der Waals surface area contributed by atoms with Gasteiger partial charge in [-0.25, -0.2) is 0 Å². The van der Waals surface area contributed by atoms with Crippen LogP contribution < -0.4 is 5.32 Å². The molecule has 2 N–H and O–H groups in total. The van der Waals surface area contributed by atoms with Gasteiger partial charge >= 0.3 is 5.97 Å². The number of pyridine rings is 1. The van der Waals surface area contributed by atoms with Crippen LogP contribution in [0.4, 0.5) is 0 Å². The minimum absolute atomic E-state index is 0.00858. The fourth-order valence-electron chi connectivity index (χ4n) is 5.28. The summed E-state index contributed by atoms with van der Waals surface area (Å²) in [6, 6.07) is 18.9. The van der Waals surface area contributed by atoms with E-state index in [2.05, 4.69) is 34.5 Å². The number of carboxylic acid groups (broad SMARTS) is 1. The van der Waals surface area contributed by atoms with Crippen molar-refractivity contribution in [3.63, 3.8) is 0 Å². The third-order valence-corrected chi connectivity index (χ3v) is 7.44. The Hall–Kier alpha value is -3.87. The highest BCUT2D eigenvalue weighted by atomic mass is 16.4. The Labute approximate surface area is 217 Å². The van der Waals surface area contributed by atoms with Crippen molar-refractivity contribution in [1.29, 1.82) is 0 Å². The average molecular weight is 500 g/mol. The third-order valence-electron chi connectivity index (χ3n) is 7.44. The van der Waals surface area contributed by atoms with Crippen LogP contribution in [0.5, 0.6) is 0 Å². The van der Waals surface area contributed by atoms with Crippen molar-refractivity contribution in [2.24, 2.45) is 11.1 Å². The number of aliphatic carboxylic acids is 1. The van der Waals surface area contributed by atoms with Gasteiger partial charge in [-0.15, -0.1) is 0 Å². The van der Waals surface area contributed by atoms with Crippen molar-refractivity contribution in [3.8, 4) is 0 Å². The fraction of sp³-hybridized carbons (Fsp3) is 0.367. The maximum atomic E-state index is 12.9. The van der Waals surface area contributed by atoms with Crippen molar-refractivity contribution in [1.82, 2.24) is 10.3 Å². The number of aromatic nitrogens is 1. The summed E-state index contributed by atoms with van der Waals surface area (Å²) in [6.07, 6.45) is 4.71. The number of amides is 1. The second-order valence-corrected chi connectivity index (χ2v) is 9.98. The number of nitrogens with zero attached hydrogens (tertiary/aromatic N) is 2. The molecule has 0 spiro atoms. The summed E-state index contributed by atoms with van der Waals surface area (Å²) < 4.78 is 0. The van der Waals surface area contributed by atoms with Gasteiger partial charge in [0.1, 0.15) is 6.04 Å². The number of hydrogen-bond donors (Lipinski definition) is 2. The van der Waals surface area contributed by atoms with Gasteiger partial charge in [0.25, 0.3) is 5.91 Å². The molecule has 0 bridgehead atoms. The molecule has 1 aliphatic rings. The summed E-state index contributed by atoms with van der Waals surface area (Å²) >= 11 is 0. The second kappa shape index (κ2) is 11.9. The van der Waals surface area contributed by atoms with Gasteiger partial charge in [-0.3, -0.25) is 14.6 Å². The van der Waals surface area contributed by atoms with Crippen molar-refractivity contribution < 1.29 is 14.7 Å². The zero-order valence-electron chi connectivity index (χ0n) is 21.3. The van der Waals surface area contributed by atoms with E-state index >= 15 is 0 Å². The lowest BCUT2D eigenvalue weighted by molar-refractivity contribution is -0.142. The molecule has 1 fully saturated rings. The predicted octanol–water partition coefficient (Wildman–Crippen LogP) is 6.10. The number of aryl methyl sites for hydroxylation is 2. The van der Waals surface area contributed by atoms with Crippen LogP contribution in [0.15, 0.2) is 72.0 Å². The molecule has 1 amide bonds. The highest BCUT2D eigenvalue weighted by Crippen LogP contribution is 2.37. The Morgan fingerprint density at radius 1 is 1.00 bits per heavy atom. The SMILES string of the molecule is Cc1cc(C(C[C@H](c2ccc(C(=O)NC3CCC(C(=O)O)CC3)cc2)c2ccccc2C)N=O)ccn1. The van der Waals surface area contributed by atoms with Crippen LogP contribution in [0.25, 0.3) is 0 Å². The molecule has 4 rings (SSSR count). The molecule has 1 aliphatic carbocycles. The molecule has 192 valence electrons. The van der Waals surface area contributed by atoms with Crippen LogP contribution in [-0.2, 0) is 4.79 Å². The van der Waals surface area contributed by atoms with E-state index in [4.69, 9.17) is 0 Å². The first-order valence-corrected chi connectivity index (χ1v) is 12.8. The summed E-state index contributed by atoms with van der Waals surface area (Å²) in [4.78, 5) is 40.2. The van der Waals surface area contributed by atoms with Crippen molar-refractivity contribution in [2.75, 3.05) is 0 Å². The van der Waals surface area contributed by atoms with Gasteiger partial charge < -0.3 is 10.4 Å². The van der Waals surface area contributed by atoms with Gasteiger partial charge in [-0.05, 0) is 92.5 Å². The largest absolute Gasteiger partial charge is 0.481 e. The highest BCUT2D eigenvalue weighted by molar-refractivity contribution is 5.94. The second-order valence-electron chi connectivity index (χ2n) is 9.98. The van der Waals surface area contributed by atoms with E-state index in [0.29, 0.717) is 37.7 Å². The van der Waals surface area contributed by atoms with E-state index in [9.17, 15) is 19.6 Å². The van der Waals surface area contributed by atoms with E-state index in [1.807, 2.05) is 55.5 Å². The quantitative estimate of drug-likeness (QED) is 0.346. The molecule has 1 saturated carbocycles. The Balaban J connectivity index is 1.53. The maximum absolute atomic E-state index is 12.9. The van der Waals surface area contributed by atoms with Gasteiger partial charge in [0.15, 0.2) is 0 Å². The topological polar surface area (TPSA) is 109 Å². The average Bonchev–Trinajstić information content (AvgIpc) is 2.90. The van der Waals surface area contributed by atoms with Gasteiger partial charge in [-0.2, -0.15) is 4.91 Å². The highest BCUT2D eigenvalue weighted by Gasteiger charge is 2.27. The van der Waals surface area contributed by atoms with Crippen molar-refractivity contribution in [3.05, 3.63) is 105 Å². The monoisotopic (exact) mass is 499 g/mol. The van der Waals surface area contributed by atoms with Gasteiger partial charge in [0.2, 0.25) is 0 Å². The maximum Gasteiger partial charge on any atom is 0.306 e.